The van der Waals surface area contributed by atoms with Gasteiger partial charge in [0.05, 0.1) is 11.5 Å². The maximum Gasteiger partial charge on any atom is 0.269 e. The minimum atomic E-state index is -3.72. The number of carbonyl (C=O) groups excluding carboxylic acids is 2. The average molecular weight is 420 g/mol. The van der Waals surface area contributed by atoms with Crippen molar-refractivity contribution in [3.05, 3.63) is 59.2 Å². The van der Waals surface area contributed by atoms with Crippen LogP contribution in [-0.4, -0.2) is 33.4 Å². The van der Waals surface area contributed by atoms with Crippen molar-refractivity contribution in [3.8, 4) is 5.75 Å². The molecular weight excluding hydrogens is 394 g/mol. The summed E-state index contributed by atoms with van der Waals surface area (Å²) in [6, 6.07) is 11.6. The Labute approximate surface area is 170 Å². The molecule has 9 heteroatoms. The second-order valence-electron chi connectivity index (χ2n) is 6.38. The van der Waals surface area contributed by atoms with Gasteiger partial charge in [0.15, 0.2) is 0 Å². The number of hydrogen-bond donors (Lipinski definition) is 3. The summed E-state index contributed by atoms with van der Waals surface area (Å²) in [4.78, 5) is 24.1. The fraction of sp³-hybridized carbons (Fsp3) is 0.300. The van der Waals surface area contributed by atoms with Gasteiger partial charge in [-0.2, -0.15) is 0 Å². The van der Waals surface area contributed by atoms with Gasteiger partial charge in [0.25, 0.3) is 5.91 Å². The fourth-order valence-corrected chi connectivity index (χ4v) is 3.86. The molecule has 29 heavy (non-hydrogen) atoms. The van der Waals surface area contributed by atoms with Crippen molar-refractivity contribution in [2.45, 2.75) is 32.1 Å². The van der Waals surface area contributed by atoms with Crippen LogP contribution in [0, 0.1) is 13.8 Å². The topological polar surface area (TPSA) is 114 Å². The summed E-state index contributed by atoms with van der Waals surface area (Å²) in [5.41, 5.74) is 6.35. The molecule has 8 nitrogen and oxygen atoms in total. The van der Waals surface area contributed by atoms with Crippen LogP contribution in [0.2, 0.25) is 0 Å². The van der Waals surface area contributed by atoms with Crippen molar-refractivity contribution in [1.29, 1.82) is 0 Å². The third kappa shape index (κ3) is 6.58. The molecule has 2 amide bonds. The van der Waals surface area contributed by atoms with Gasteiger partial charge in [0.1, 0.15) is 5.75 Å². The molecule has 2 aromatic rings. The third-order valence-electron chi connectivity index (χ3n) is 4.02. The van der Waals surface area contributed by atoms with Crippen LogP contribution >= 0.6 is 0 Å². The quantitative estimate of drug-likeness (QED) is 0.565. The van der Waals surface area contributed by atoms with Gasteiger partial charge in [-0.3, -0.25) is 20.4 Å². The van der Waals surface area contributed by atoms with Crippen molar-refractivity contribution in [1.82, 2.24) is 15.6 Å². The molecule has 3 N–H and O–H groups in total. The Morgan fingerprint density at radius 1 is 1.00 bits per heavy atom. The molecule has 0 aliphatic heterocycles. The molecule has 0 atom stereocenters. The number of aryl methyl sites for hydroxylation is 2. The van der Waals surface area contributed by atoms with E-state index in [4.69, 9.17) is 4.74 Å². The van der Waals surface area contributed by atoms with E-state index in [-0.39, 0.29) is 17.9 Å². The molecule has 0 aliphatic carbocycles. The van der Waals surface area contributed by atoms with Crippen LogP contribution in [0.15, 0.2) is 47.4 Å². The summed E-state index contributed by atoms with van der Waals surface area (Å²) in [5, 5.41) is 0. The predicted molar refractivity (Wildman–Crippen MR) is 109 cm³/mol. The number of nitrogens with one attached hydrogen (secondary N) is 3. The first-order chi connectivity index (χ1) is 13.7. The lowest BCUT2D eigenvalue weighted by atomic mass is 10.2. The van der Waals surface area contributed by atoms with Gasteiger partial charge in [0.2, 0.25) is 15.9 Å². The standard InChI is InChI=1S/C20H25N3O5S/c1-4-28-17-9-7-16(8-10-17)20(25)23-22-19(24)11-12-21-29(26,27)18-13-14(2)5-6-15(18)3/h5-10,13,21H,4,11-12H2,1-3H3,(H,22,24)(H,23,25). The molecule has 0 heterocycles. The molecule has 156 valence electrons. The van der Waals surface area contributed by atoms with Crippen LogP contribution in [0.25, 0.3) is 0 Å². The first-order valence-electron chi connectivity index (χ1n) is 9.12. The first-order valence-corrected chi connectivity index (χ1v) is 10.6. The van der Waals surface area contributed by atoms with E-state index in [9.17, 15) is 18.0 Å². The zero-order valence-electron chi connectivity index (χ0n) is 16.6. The van der Waals surface area contributed by atoms with Crippen molar-refractivity contribution >= 4 is 21.8 Å². The molecule has 0 saturated heterocycles. The lowest BCUT2D eigenvalue weighted by molar-refractivity contribution is -0.121. The lowest BCUT2D eigenvalue weighted by Crippen LogP contribution is -2.42. The number of benzene rings is 2. The van der Waals surface area contributed by atoms with Gasteiger partial charge in [-0.05, 0) is 62.2 Å². The largest absolute Gasteiger partial charge is 0.494 e. The molecule has 0 saturated carbocycles. The van der Waals surface area contributed by atoms with E-state index in [0.29, 0.717) is 23.5 Å². The lowest BCUT2D eigenvalue weighted by Gasteiger charge is -2.11. The van der Waals surface area contributed by atoms with Gasteiger partial charge in [-0.15, -0.1) is 0 Å². The Balaban J connectivity index is 1.81. The van der Waals surface area contributed by atoms with Gasteiger partial charge >= 0.3 is 0 Å². The van der Waals surface area contributed by atoms with E-state index in [1.165, 1.54) is 0 Å². The van der Waals surface area contributed by atoms with Crippen molar-refractivity contribution in [3.63, 3.8) is 0 Å². The Kier molecular flexibility index (Phi) is 7.74. The number of rotatable bonds is 8. The first kappa shape index (κ1) is 22.4. The maximum atomic E-state index is 12.4. The van der Waals surface area contributed by atoms with E-state index in [1.807, 2.05) is 13.0 Å². The number of carbonyl (C=O) groups is 2. The van der Waals surface area contributed by atoms with Crippen molar-refractivity contribution < 1.29 is 22.7 Å². The summed E-state index contributed by atoms with van der Waals surface area (Å²) in [6.45, 7) is 5.80. The molecule has 0 spiro atoms. The summed E-state index contributed by atoms with van der Waals surface area (Å²) >= 11 is 0. The number of hydrazine groups is 1. The Hall–Kier alpha value is -2.91. The van der Waals surface area contributed by atoms with Crippen LogP contribution in [-0.2, 0) is 14.8 Å². The van der Waals surface area contributed by atoms with E-state index < -0.39 is 21.8 Å². The highest BCUT2D eigenvalue weighted by atomic mass is 32.2. The zero-order valence-corrected chi connectivity index (χ0v) is 17.4. The van der Waals surface area contributed by atoms with Crippen LogP contribution in [0.3, 0.4) is 0 Å². The maximum absolute atomic E-state index is 12.4. The van der Waals surface area contributed by atoms with Crippen LogP contribution in [0.5, 0.6) is 5.75 Å². The molecule has 0 aliphatic rings. The monoisotopic (exact) mass is 419 g/mol. The van der Waals surface area contributed by atoms with Gasteiger partial charge < -0.3 is 4.74 Å². The average Bonchev–Trinajstić information content (AvgIpc) is 2.68. The minimum absolute atomic E-state index is 0.0968. The SMILES string of the molecule is CCOc1ccc(C(=O)NNC(=O)CCNS(=O)(=O)c2cc(C)ccc2C)cc1. The highest BCUT2D eigenvalue weighted by Gasteiger charge is 2.17. The minimum Gasteiger partial charge on any atom is -0.494 e. The number of ether oxygens (including phenoxy) is 1. The van der Waals surface area contributed by atoms with Crippen molar-refractivity contribution in [2.24, 2.45) is 0 Å². The summed E-state index contributed by atoms with van der Waals surface area (Å²) in [5.74, 6) is -0.366. The van der Waals surface area contributed by atoms with E-state index in [2.05, 4.69) is 15.6 Å². The summed E-state index contributed by atoms with van der Waals surface area (Å²) < 4.78 is 32.5. The third-order valence-corrected chi connectivity index (χ3v) is 5.62. The summed E-state index contributed by atoms with van der Waals surface area (Å²) in [7, 11) is -3.72. The van der Waals surface area contributed by atoms with E-state index in [0.717, 1.165) is 5.56 Å². The molecular formula is C20H25N3O5S. The van der Waals surface area contributed by atoms with Crippen molar-refractivity contribution in [2.75, 3.05) is 13.2 Å². The molecule has 0 unspecified atom stereocenters. The predicted octanol–water partition coefficient (Wildman–Crippen LogP) is 1.83. The Morgan fingerprint density at radius 2 is 1.69 bits per heavy atom. The smallest absolute Gasteiger partial charge is 0.269 e. The normalized spacial score (nSPS) is 11.0. The number of amides is 2. The van der Waals surface area contributed by atoms with E-state index >= 15 is 0 Å². The molecule has 0 aromatic heterocycles. The van der Waals surface area contributed by atoms with Gasteiger partial charge in [0, 0.05) is 18.5 Å². The van der Waals surface area contributed by atoms with Crippen LogP contribution < -0.4 is 20.3 Å². The molecule has 0 fully saturated rings. The van der Waals surface area contributed by atoms with Gasteiger partial charge in [-0.25, -0.2) is 13.1 Å². The molecule has 2 aromatic carbocycles. The molecule has 2 rings (SSSR count). The second kappa shape index (κ2) is 10.0. The Bertz CT molecular complexity index is 972. The van der Waals surface area contributed by atoms with E-state index in [1.54, 1.807) is 50.2 Å². The molecule has 0 radical (unpaired) electrons. The highest BCUT2D eigenvalue weighted by molar-refractivity contribution is 7.89. The van der Waals surface area contributed by atoms with Crippen LogP contribution in [0.1, 0.15) is 34.8 Å². The Morgan fingerprint density at radius 3 is 2.34 bits per heavy atom. The second-order valence-corrected chi connectivity index (χ2v) is 8.11. The zero-order chi connectivity index (χ0) is 21.4. The highest BCUT2D eigenvalue weighted by Crippen LogP contribution is 2.16. The summed E-state index contributed by atoms with van der Waals surface area (Å²) in [6.07, 6.45) is -0.131. The fourth-order valence-electron chi connectivity index (χ4n) is 2.50. The number of sulfonamides is 1. The molecule has 0 bridgehead atoms. The van der Waals surface area contributed by atoms with Crippen LogP contribution in [0.4, 0.5) is 0 Å². The van der Waals surface area contributed by atoms with Gasteiger partial charge in [-0.1, -0.05) is 12.1 Å². The number of hydrogen-bond acceptors (Lipinski definition) is 5.